The van der Waals surface area contributed by atoms with Crippen molar-refractivity contribution in [2.24, 2.45) is 5.92 Å². The van der Waals surface area contributed by atoms with Gasteiger partial charge in [0.05, 0.1) is 22.3 Å². The van der Waals surface area contributed by atoms with Gasteiger partial charge in [0.2, 0.25) is 0 Å². The number of hydrogen-bond acceptors (Lipinski definition) is 5. The van der Waals surface area contributed by atoms with Crippen molar-refractivity contribution in [1.29, 1.82) is 0 Å². The van der Waals surface area contributed by atoms with Crippen LogP contribution in [-0.2, 0) is 6.42 Å². The van der Waals surface area contributed by atoms with E-state index in [1.807, 2.05) is 12.4 Å². The number of aromatic nitrogens is 2. The first-order valence-corrected chi connectivity index (χ1v) is 7.10. The van der Waals surface area contributed by atoms with E-state index in [2.05, 4.69) is 29.1 Å². The molecule has 0 bridgehead atoms. The summed E-state index contributed by atoms with van der Waals surface area (Å²) in [6.45, 7) is 8.31. The molecule has 0 aliphatic carbocycles. The van der Waals surface area contributed by atoms with Gasteiger partial charge in [-0.2, -0.15) is 0 Å². The standard InChI is InChI=1S/C13H19N3OS/c1-9(2)6-14-5-4-12-15-7-11(17-12)13-10(3)16-8-18-13/h7-9,14H,4-6H2,1-3H3. The highest BCUT2D eigenvalue weighted by Gasteiger charge is 2.10. The van der Waals surface area contributed by atoms with Crippen molar-refractivity contribution < 1.29 is 4.42 Å². The maximum Gasteiger partial charge on any atom is 0.196 e. The van der Waals surface area contributed by atoms with E-state index in [0.717, 1.165) is 41.7 Å². The second kappa shape index (κ2) is 6.11. The van der Waals surface area contributed by atoms with Crippen LogP contribution in [0.1, 0.15) is 25.4 Å². The number of nitrogens with one attached hydrogen (secondary N) is 1. The summed E-state index contributed by atoms with van der Waals surface area (Å²) < 4.78 is 5.74. The Labute approximate surface area is 111 Å². The van der Waals surface area contributed by atoms with Crippen molar-refractivity contribution in [2.75, 3.05) is 13.1 Å². The van der Waals surface area contributed by atoms with Crippen LogP contribution < -0.4 is 5.32 Å². The molecule has 4 nitrogen and oxygen atoms in total. The molecule has 2 aromatic heterocycles. The molecule has 98 valence electrons. The van der Waals surface area contributed by atoms with Crippen LogP contribution in [0.3, 0.4) is 0 Å². The van der Waals surface area contributed by atoms with Gasteiger partial charge in [-0.05, 0) is 19.4 Å². The molecule has 0 saturated carbocycles. The topological polar surface area (TPSA) is 51.0 Å². The van der Waals surface area contributed by atoms with Crippen LogP contribution in [0.5, 0.6) is 0 Å². The number of aryl methyl sites for hydroxylation is 1. The lowest BCUT2D eigenvalue weighted by atomic mass is 10.2. The first-order valence-electron chi connectivity index (χ1n) is 6.22. The van der Waals surface area contributed by atoms with Crippen LogP contribution in [0.4, 0.5) is 0 Å². The van der Waals surface area contributed by atoms with Crippen molar-refractivity contribution in [3.63, 3.8) is 0 Å². The Hall–Kier alpha value is -1.20. The van der Waals surface area contributed by atoms with Crippen LogP contribution in [-0.4, -0.2) is 23.1 Å². The third-order valence-electron chi connectivity index (χ3n) is 2.59. The van der Waals surface area contributed by atoms with E-state index in [0.29, 0.717) is 5.92 Å². The lowest BCUT2D eigenvalue weighted by Crippen LogP contribution is -2.22. The molecular formula is C13H19N3OS. The fourth-order valence-electron chi connectivity index (χ4n) is 1.66. The van der Waals surface area contributed by atoms with E-state index in [4.69, 9.17) is 4.42 Å². The van der Waals surface area contributed by atoms with Gasteiger partial charge in [-0.15, -0.1) is 11.3 Å². The maximum absolute atomic E-state index is 5.74. The molecule has 1 N–H and O–H groups in total. The molecule has 0 amide bonds. The fraction of sp³-hybridized carbons (Fsp3) is 0.538. The monoisotopic (exact) mass is 265 g/mol. The molecule has 0 unspecified atom stereocenters. The maximum atomic E-state index is 5.74. The molecule has 2 rings (SSSR count). The van der Waals surface area contributed by atoms with E-state index < -0.39 is 0 Å². The summed E-state index contributed by atoms with van der Waals surface area (Å²) in [5, 5.41) is 3.38. The van der Waals surface area contributed by atoms with Gasteiger partial charge in [0.15, 0.2) is 11.7 Å². The number of hydrogen-bond donors (Lipinski definition) is 1. The molecule has 0 radical (unpaired) electrons. The van der Waals surface area contributed by atoms with E-state index >= 15 is 0 Å². The van der Waals surface area contributed by atoms with Crippen LogP contribution in [0.15, 0.2) is 16.1 Å². The summed E-state index contributed by atoms with van der Waals surface area (Å²) in [5.41, 5.74) is 2.83. The Morgan fingerprint density at radius 3 is 2.89 bits per heavy atom. The highest BCUT2D eigenvalue weighted by Crippen LogP contribution is 2.27. The Balaban J connectivity index is 1.89. The molecule has 0 atom stereocenters. The lowest BCUT2D eigenvalue weighted by molar-refractivity contribution is 0.483. The number of oxazole rings is 1. The highest BCUT2D eigenvalue weighted by atomic mass is 32.1. The molecular weight excluding hydrogens is 246 g/mol. The predicted molar refractivity (Wildman–Crippen MR) is 73.8 cm³/mol. The van der Waals surface area contributed by atoms with Crippen LogP contribution >= 0.6 is 11.3 Å². The van der Waals surface area contributed by atoms with E-state index in [-0.39, 0.29) is 0 Å². The van der Waals surface area contributed by atoms with Crippen LogP contribution in [0, 0.1) is 12.8 Å². The molecule has 5 heteroatoms. The second-order valence-electron chi connectivity index (χ2n) is 4.73. The Morgan fingerprint density at radius 2 is 2.22 bits per heavy atom. The number of thiazole rings is 1. The van der Waals surface area contributed by atoms with E-state index in [1.54, 1.807) is 17.5 Å². The zero-order valence-corrected chi connectivity index (χ0v) is 11.9. The van der Waals surface area contributed by atoms with Crippen molar-refractivity contribution >= 4 is 11.3 Å². The number of nitrogens with zero attached hydrogens (tertiary/aromatic N) is 2. The van der Waals surface area contributed by atoms with E-state index in [1.165, 1.54) is 0 Å². The summed E-state index contributed by atoms with van der Waals surface area (Å²) in [4.78, 5) is 9.59. The molecule has 2 heterocycles. The molecule has 0 saturated heterocycles. The quantitative estimate of drug-likeness (QED) is 0.816. The van der Waals surface area contributed by atoms with Gasteiger partial charge in [0.25, 0.3) is 0 Å². The van der Waals surface area contributed by atoms with Gasteiger partial charge in [-0.25, -0.2) is 9.97 Å². The lowest BCUT2D eigenvalue weighted by Gasteiger charge is -2.05. The minimum Gasteiger partial charge on any atom is -0.440 e. The van der Waals surface area contributed by atoms with Crippen LogP contribution in [0.25, 0.3) is 10.6 Å². The van der Waals surface area contributed by atoms with Crippen molar-refractivity contribution in [3.8, 4) is 10.6 Å². The molecule has 2 aromatic rings. The van der Waals surface area contributed by atoms with Gasteiger partial charge in [0.1, 0.15) is 0 Å². The van der Waals surface area contributed by atoms with Gasteiger partial charge >= 0.3 is 0 Å². The largest absolute Gasteiger partial charge is 0.440 e. The normalized spacial score (nSPS) is 11.3. The smallest absolute Gasteiger partial charge is 0.196 e. The van der Waals surface area contributed by atoms with E-state index in [9.17, 15) is 0 Å². The average Bonchev–Trinajstić information content (AvgIpc) is 2.92. The predicted octanol–water partition coefficient (Wildman–Crippen LogP) is 2.89. The second-order valence-corrected chi connectivity index (χ2v) is 5.59. The summed E-state index contributed by atoms with van der Waals surface area (Å²) in [6, 6.07) is 0. The van der Waals surface area contributed by atoms with Gasteiger partial charge in [-0.3, -0.25) is 0 Å². The van der Waals surface area contributed by atoms with Gasteiger partial charge < -0.3 is 9.73 Å². The Bertz CT molecular complexity index is 490. The Morgan fingerprint density at radius 1 is 1.39 bits per heavy atom. The summed E-state index contributed by atoms with van der Waals surface area (Å²) in [7, 11) is 0. The van der Waals surface area contributed by atoms with Gasteiger partial charge in [-0.1, -0.05) is 13.8 Å². The average molecular weight is 265 g/mol. The fourth-order valence-corrected chi connectivity index (χ4v) is 2.41. The minimum absolute atomic E-state index is 0.671. The molecule has 0 fully saturated rings. The first kappa shape index (κ1) is 13.2. The first-order chi connectivity index (χ1) is 8.66. The summed E-state index contributed by atoms with van der Waals surface area (Å²) in [5.74, 6) is 2.29. The summed E-state index contributed by atoms with van der Waals surface area (Å²) >= 11 is 1.59. The molecule has 0 aliphatic heterocycles. The van der Waals surface area contributed by atoms with Crippen molar-refractivity contribution in [3.05, 3.63) is 23.3 Å². The van der Waals surface area contributed by atoms with Crippen molar-refractivity contribution in [2.45, 2.75) is 27.2 Å². The van der Waals surface area contributed by atoms with Crippen molar-refractivity contribution in [1.82, 2.24) is 15.3 Å². The summed E-state index contributed by atoms with van der Waals surface area (Å²) in [6.07, 6.45) is 2.61. The number of rotatable bonds is 6. The van der Waals surface area contributed by atoms with Crippen LogP contribution in [0.2, 0.25) is 0 Å². The molecule has 0 aliphatic rings. The zero-order chi connectivity index (χ0) is 13.0. The highest BCUT2D eigenvalue weighted by molar-refractivity contribution is 7.13. The SMILES string of the molecule is Cc1ncsc1-c1cnc(CCNCC(C)C)o1. The van der Waals surface area contributed by atoms with Gasteiger partial charge in [0, 0.05) is 13.0 Å². The third-order valence-corrected chi connectivity index (χ3v) is 3.53. The zero-order valence-electron chi connectivity index (χ0n) is 11.1. The Kier molecular flexibility index (Phi) is 4.49. The minimum atomic E-state index is 0.671. The molecule has 0 spiro atoms. The third kappa shape index (κ3) is 3.40. The molecule has 0 aromatic carbocycles. The molecule has 18 heavy (non-hydrogen) atoms.